The molecule has 0 radical (unpaired) electrons. The van der Waals surface area contributed by atoms with Crippen molar-refractivity contribution in [3.8, 4) is 11.9 Å². The van der Waals surface area contributed by atoms with Crippen LogP contribution in [0.5, 0.6) is 5.88 Å². The summed E-state index contributed by atoms with van der Waals surface area (Å²) in [6.45, 7) is 5.81. The molecule has 2 amide bonds. The molecule has 164 valence electrons. The monoisotopic (exact) mass is 427 g/mol. The summed E-state index contributed by atoms with van der Waals surface area (Å²) in [5.74, 6) is -1.24. The van der Waals surface area contributed by atoms with Gasteiger partial charge in [0.25, 0.3) is 5.91 Å². The number of nitrogens with one attached hydrogen (secondary N) is 2. The lowest BCUT2D eigenvalue weighted by Crippen LogP contribution is -2.46. The quantitative estimate of drug-likeness (QED) is 0.337. The van der Waals surface area contributed by atoms with E-state index in [-0.39, 0.29) is 30.0 Å². The van der Waals surface area contributed by atoms with Crippen molar-refractivity contribution in [3.63, 3.8) is 0 Å². The number of nitriles is 1. The van der Waals surface area contributed by atoms with E-state index in [1.54, 1.807) is 13.0 Å². The summed E-state index contributed by atoms with van der Waals surface area (Å²) in [6.07, 6.45) is 4.83. The average molecular weight is 427 g/mol. The molecule has 2 aromatic rings. The summed E-state index contributed by atoms with van der Waals surface area (Å²) in [5.41, 5.74) is 0.213. The van der Waals surface area contributed by atoms with Gasteiger partial charge in [-0.1, -0.05) is 18.4 Å². The fourth-order valence-electron chi connectivity index (χ4n) is 3.37. The minimum atomic E-state index is -0.670. The molecule has 0 spiro atoms. The summed E-state index contributed by atoms with van der Waals surface area (Å²) >= 11 is 0. The fraction of sp³-hybridized carbons (Fsp3) is 0.476. The number of likely N-dealkylation sites (N-methyl/N-ethyl adjacent to an activating group) is 1. The number of rotatable bonds is 7. The van der Waals surface area contributed by atoms with Gasteiger partial charge >= 0.3 is 17.1 Å². The molecule has 1 fully saturated rings. The maximum atomic E-state index is 13.0. The van der Waals surface area contributed by atoms with E-state index >= 15 is 0 Å². The highest BCUT2D eigenvalue weighted by atomic mass is 16.3. The van der Waals surface area contributed by atoms with Crippen LogP contribution in [0.15, 0.2) is 16.6 Å². The molecule has 0 bridgehead atoms. The Hall–Kier alpha value is -3.61. The van der Waals surface area contributed by atoms with E-state index in [1.165, 1.54) is 27.2 Å². The molecule has 1 aliphatic carbocycles. The normalized spacial score (nSPS) is 14.0. The molecule has 0 aliphatic heterocycles. The number of carbonyl (C=O) groups excluding carboxylic acids is 2. The largest absolute Gasteiger partial charge is 0.477 e. The first kappa shape index (κ1) is 22.1. The minimum Gasteiger partial charge on any atom is -0.477 e. The molecule has 0 saturated heterocycles. The van der Waals surface area contributed by atoms with Crippen LogP contribution in [0.1, 0.15) is 49.5 Å². The number of aromatic amines is 1. The number of amides is 2. The van der Waals surface area contributed by atoms with E-state index in [2.05, 4.69) is 10.4 Å². The van der Waals surface area contributed by atoms with Gasteiger partial charge in [0.05, 0.1) is 24.4 Å². The molecule has 2 aromatic heterocycles. The standard InChI is InChI=1S/C21H26N6O4/c1-12(2)11-26-18-14(9-13(3)19(29)25(4)8-7-22)10-23-27(18)21(31)16(20(26)30)17(28)24-15-5-6-15/h9-10,12,15H,5-6,8,11H2,1-4H3,(H2,24,28,30,31)/p+1/b13-9+. The first-order valence-corrected chi connectivity index (χ1v) is 10.2. The molecule has 2 heterocycles. The Morgan fingerprint density at radius 3 is 2.74 bits per heavy atom. The molecule has 3 rings (SSSR count). The smallest absolute Gasteiger partial charge is 0.378 e. The number of nitrogens with zero attached hydrogens (tertiary/aromatic N) is 4. The van der Waals surface area contributed by atoms with Gasteiger partial charge in [-0.25, -0.2) is 9.89 Å². The van der Waals surface area contributed by atoms with Crippen LogP contribution in [0, 0.1) is 17.2 Å². The Morgan fingerprint density at radius 2 is 2.16 bits per heavy atom. The van der Waals surface area contributed by atoms with E-state index in [0.717, 1.165) is 12.8 Å². The van der Waals surface area contributed by atoms with Gasteiger partial charge in [-0.15, -0.1) is 0 Å². The predicted octanol–water partition coefficient (Wildman–Crippen LogP) is 0.554. The number of aromatic nitrogens is 3. The van der Waals surface area contributed by atoms with Crippen LogP contribution in [0.25, 0.3) is 11.7 Å². The minimum absolute atomic E-state index is 0.0340. The number of carbonyl (C=O) groups is 2. The van der Waals surface area contributed by atoms with Crippen LogP contribution in [0.4, 0.5) is 0 Å². The van der Waals surface area contributed by atoms with Gasteiger partial charge in [-0.3, -0.25) is 9.59 Å². The topological polar surface area (TPSA) is 135 Å². The Labute approximate surface area is 179 Å². The Bertz CT molecular complexity index is 1160. The van der Waals surface area contributed by atoms with Crippen molar-refractivity contribution >= 4 is 23.5 Å². The van der Waals surface area contributed by atoms with Crippen molar-refractivity contribution in [1.82, 2.24) is 19.8 Å². The molecule has 31 heavy (non-hydrogen) atoms. The molecular formula is C21H27N6O4+. The molecular weight excluding hydrogens is 400 g/mol. The van der Waals surface area contributed by atoms with E-state index in [9.17, 15) is 19.5 Å². The Morgan fingerprint density at radius 1 is 1.48 bits per heavy atom. The van der Waals surface area contributed by atoms with Gasteiger partial charge in [0.2, 0.25) is 11.5 Å². The molecule has 10 nitrogen and oxygen atoms in total. The first-order chi connectivity index (χ1) is 14.6. The van der Waals surface area contributed by atoms with Crippen LogP contribution in [-0.2, 0) is 11.3 Å². The van der Waals surface area contributed by atoms with Crippen LogP contribution in [0.2, 0.25) is 0 Å². The Balaban J connectivity index is 2.16. The zero-order valence-electron chi connectivity index (χ0n) is 18.1. The van der Waals surface area contributed by atoms with Crippen molar-refractivity contribution in [2.24, 2.45) is 5.92 Å². The second kappa shape index (κ2) is 8.63. The fourth-order valence-corrected chi connectivity index (χ4v) is 3.37. The van der Waals surface area contributed by atoms with E-state index in [4.69, 9.17) is 5.26 Å². The molecule has 0 unspecified atom stereocenters. The highest BCUT2D eigenvalue weighted by Gasteiger charge is 2.34. The molecule has 0 aromatic carbocycles. The van der Waals surface area contributed by atoms with Gasteiger partial charge < -0.3 is 15.3 Å². The van der Waals surface area contributed by atoms with Gasteiger partial charge in [0.15, 0.2) is 0 Å². The molecule has 3 N–H and O–H groups in total. The third-order valence-electron chi connectivity index (χ3n) is 5.02. The second-order valence-electron chi connectivity index (χ2n) is 8.29. The number of hydrogen-bond donors (Lipinski definition) is 3. The molecule has 0 atom stereocenters. The van der Waals surface area contributed by atoms with Crippen molar-refractivity contribution in [2.45, 2.75) is 46.2 Å². The lowest BCUT2D eigenvalue weighted by molar-refractivity contribution is -0.686. The van der Waals surface area contributed by atoms with Crippen molar-refractivity contribution in [2.75, 3.05) is 13.6 Å². The Kier molecular flexibility index (Phi) is 6.15. The molecule has 10 heteroatoms. The maximum Gasteiger partial charge on any atom is 0.378 e. The lowest BCUT2D eigenvalue weighted by atomic mass is 10.1. The number of hydrogen-bond acceptors (Lipinski definition) is 5. The SMILES string of the molecule is C/C(=C\c1c[nH]n2c(=O)c(C(=O)NC3CC3)c(O)[n+](CC(C)C)c12)C(=O)N(C)CC#N. The number of H-pyrrole nitrogens is 1. The van der Waals surface area contributed by atoms with Crippen LogP contribution >= 0.6 is 0 Å². The third-order valence-corrected chi connectivity index (χ3v) is 5.02. The summed E-state index contributed by atoms with van der Waals surface area (Å²) in [7, 11) is 1.53. The zero-order chi connectivity index (χ0) is 22.9. The highest BCUT2D eigenvalue weighted by Crippen LogP contribution is 2.21. The number of aromatic hydroxyl groups is 1. The van der Waals surface area contributed by atoms with Gasteiger partial charge in [0, 0.05) is 18.7 Å². The van der Waals surface area contributed by atoms with Crippen LogP contribution in [0.3, 0.4) is 0 Å². The third kappa shape index (κ3) is 4.45. The van der Waals surface area contributed by atoms with Gasteiger partial charge in [0.1, 0.15) is 6.54 Å². The average Bonchev–Trinajstić information content (AvgIpc) is 3.41. The second-order valence-corrected chi connectivity index (χ2v) is 8.29. The van der Waals surface area contributed by atoms with Crippen molar-refractivity contribution in [3.05, 3.63) is 33.3 Å². The number of fused-ring (bicyclic) bond motifs is 1. The van der Waals surface area contributed by atoms with Crippen LogP contribution < -0.4 is 15.4 Å². The predicted molar refractivity (Wildman–Crippen MR) is 112 cm³/mol. The van der Waals surface area contributed by atoms with Gasteiger partial charge in [-0.2, -0.15) is 9.83 Å². The molecule has 1 aliphatic rings. The van der Waals surface area contributed by atoms with Crippen molar-refractivity contribution < 1.29 is 19.3 Å². The van der Waals surface area contributed by atoms with Gasteiger partial charge in [-0.05, 0) is 31.8 Å². The molecule has 1 saturated carbocycles. The first-order valence-electron chi connectivity index (χ1n) is 10.2. The summed E-state index contributed by atoms with van der Waals surface area (Å²) < 4.78 is 2.71. The maximum absolute atomic E-state index is 13.0. The summed E-state index contributed by atoms with van der Waals surface area (Å²) in [4.78, 5) is 39.4. The zero-order valence-corrected chi connectivity index (χ0v) is 18.1. The summed E-state index contributed by atoms with van der Waals surface area (Å²) in [5, 5.41) is 25.3. The van der Waals surface area contributed by atoms with Crippen LogP contribution in [-0.4, -0.2) is 51.1 Å². The lowest BCUT2D eigenvalue weighted by Gasteiger charge is -2.13. The van der Waals surface area contributed by atoms with E-state index < -0.39 is 17.3 Å². The van der Waals surface area contributed by atoms with E-state index in [0.29, 0.717) is 23.3 Å². The van der Waals surface area contributed by atoms with E-state index in [1.807, 2.05) is 19.9 Å². The summed E-state index contributed by atoms with van der Waals surface area (Å²) in [6, 6.07) is 1.96. The van der Waals surface area contributed by atoms with Crippen molar-refractivity contribution in [1.29, 1.82) is 5.26 Å². The highest BCUT2D eigenvalue weighted by molar-refractivity contribution is 5.98.